The Balaban J connectivity index is 1.39. The van der Waals surface area contributed by atoms with Crippen LogP contribution >= 0.6 is 11.3 Å². The Kier molecular flexibility index (Phi) is 6.21. The van der Waals surface area contributed by atoms with Gasteiger partial charge in [0.25, 0.3) is 0 Å². The maximum atomic E-state index is 13.2. The maximum Gasteiger partial charge on any atom is 0.416 e. The smallest absolute Gasteiger partial charge is 0.377 e. The van der Waals surface area contributed by atoms with Gasteiger partial charge < -0.3 is 9.64 Å². The van der Waals surface area contributed by atoms with Crippen LogP contribution in [0.15, 0.2) is 48.5 Å². The van der Waals surface area contributed by atoms with Crippen LogP contribution < -0.4 is 4.90 Å². The van der Waals surface area contributed by atoms with Crippen molar-refractivity contribution in [1.82, 2.24) is 4.98 Å². The fourth-order valence-corrected chi connectivity index (χ4v) is 6.05. The van der Waals surface area contributed by atoms with E-state index in [-0.39, 0.29) is 17.2 Å². The molecule has 0 unspecified atom stereocenters. The lowest BCUT2D eigenvalue weighted by atomic mass is 9.78. The molecule has 2 heterocycles. The summed E-state index contributed by atoms with van der Waals surface area (Å²) in [6, 6.07) is 13.1. The lowest BCUT2D eigenvalue weighted by Crippen LogP contribution is -2.46. The second kappa shape index (κ2) is 9.06. The van der Waals surface area contributed by atoms with E-state index in [0.29, 0.717) is 38.2 Å². The number of morpholine rings is 1. The van der Waals surface area contributed by atoms with Gasteiger partial charge >= 0.3 is 6.18 Å². The third-order valence-corrected chi connectivity index (χ3v) is 7.79. The third kappa shape index (κ3) is 5.14. The molecule has 0 amide bonds. The van der Waals surface area contributed by atoms with Crippen LogP contribution in [0.3, 0.4) is 0 Å². The first-order valence-electron chi connectivity index (χ1n) is 11.7. The quantitative estimate of drug-likeness (QED) is 0.414. The Hall–Kier alpha value is -2.71. The topological polar surface area (TPSA) is 42.4 Å². The van der Waals surface area contributed by atoms with Gasteiger partial charge in [-0.15, -0.1) is 0 Å². The molecule has 184 valence electrons. The van der Waals surface area contributed by atoms with Gasteiger partial charge in [-0.3, -0.25) is 4.79 Å². The number of halogens is 3. The number of Topliss-reactive ketones (excluding diaryl/α,β-unsaturated/α-hetero) is 1. The van der Waals surface area contributed by atoms with Crippen molar-refractivity contribution in [2.24, 2.45) is 5.41 Å². The van der Waals surface area contributed by atoms with E-state index in [1.807, 2.05) is 24.3 Å². The van der Waals surface area contributed by atoms with Gasteiger partial charge in [0.05, 0.1) is 35.4 Å². The van der Waals surface area contributed by atoms with Crippen molar-refractivity contribution in [2.45, 2.75) is 45.3 Å². The lowest BCUT2D eigenvalue weighted by Gasteiger charge is -2.35. The summed E-state index contributed by atoms with van der Waals surface area (Å²) in [5.41, 5.74) is 2.45. The van der Waals surface area contributed by atoms with Crippen LogP contribution in [-0.4, -0.2) is 36.6 Å². The molecule has 0 saturated carbocycles. The fourth-order valence-electron chi connectivity index (χ4n) is 4.93. The number of hydrogen-bond acceptors (Lipinski definition) is 5. The van der Waals surface area contributed by atoms with Gasteiger partial charge in [0.1, 0.15) is 0 Å². The molecule has 1 saturated heterocycles. The molecule has 0 N–H and O–H groups in total. The third-order valence-electron chi connectivity index (χ3n) is 6.62. The lowest BCUT2D eigenvalue weighted by molar-refractivity contribution is -0.137. The molecule has 2 aliphatic rings. The maximum absolute atomic E-state index is 13.2. The van der Waals surface area contributed by atoms with Crippen LogP contribution in [0.4, 0.5) is 18.3 Å². The van der Waals surface area contributed by atoms with Crippen molar-refractivity contribution in [3.8, 4) is 11.1 Å². The number of carbonyl (C=O) groups is 1. The number of thiazole rings is 1. The predicted molar refractivity (Wildman–Crippen MR) is 131 cm³/mol. The van der Waals surface area contributed by atoms with Crippen LogP contribution in [0.5, 0.6) is 0 Å². The number of nitrogens with zero attached hydrogens (tertiary/aromatic N) is 2. The molecule has 4 nitrogen and oxygen atoms in total. The zero-order valence-electron chi connectivity index (χ0n) is 19.7. The molecular formula is C27H27F3N2O2S. The van der Waals surface area contributed by atoms with Gasteiger partial charge in [0.15, 0.2) is 10.9 Å². The highest BCUT2D eigenvalue weighted by Gasteiger charge is 2.36. The molecule has 1 fully saturated rings. The number of carbonyl (C=O) groups excluding carboxylic acids is 1. The number of fused-ring (bicyclic) bond motifs is 1. The van der Waals surface area contributed by atoms with Crippen molar-refractivity contribution in [1.29, 1.82) is 0 Å². The Labute approximate surface area is 206 Å². The predicted octanol–water partition coefficient (Wildman–Crippen LogP) is 6.43. The summed E-state index contributed by atoms with van der Waals surface area (Å²) in [6.07, 6.45) is -2.39. The van der Waals surface area contributed by atoms with E-state index in [9.17, 15) is 18.0 Å². The minimum Gasteiger partial charge on any atom is -0.377 e. The van der Waals surface area contributed by atoms with Gasteiger partial charge in [0, 0.05) is 13.0 Å². The van der Waals surface area contributed by atoms with E-state index < -0.39 is 11.7 Å². The first kappa shape index (κ1) is 24.0. The minimum atomic E-state index is -4.38. The molecule has 1 atom stereocenters. The van der Waals surface area contributed by atoms with E-state index in [1.165, 1.54) is 23.5 Å². The van der Waals surface area contributed by atoms with Gasteiger partial charge in [-0.2, -0.15) is 13.2 Å². The summed E-state index contributed by atoms with van der Waals surface area (Å²) < 4.78 is 45.3. The Morgan fingerprint density at radius 2 is 1.86 bits per heavy atom. The Morgan fingerprint density at radius 1 is 1.11 bits per heavy atom. The standard InChI is InChI=1S/C27H27F3N2O2S/c1-26(2)14-22-24(23(33)15-26)35-25(31-22)32-9-10-34-16-21(32)12-17-5-3-6-18(11-17)19-7-4-8-20(13-19)27(28,29)30/h3-8,11,13,21H,9-10,12,14-16H2,1-2H3/t21-/m0/s1. The Bertz CT molecular complexity index is 1250. The zero-order valence-corrected chi connectivity index (χ0v) is 20.5. The van der Waals surface area contributed by atoms with E-state index in [1.54, 1.807) is 6.07 Å². The number of benzene rings is 2. The fraction of sp³-hybridized carbons (Fsp3) is 0.407. The molecule has 8 heteroatoms. The summed E-state index contributed by atoms with van der Waals surface area (Å²) in [6.45, 7) is 5.99. The van der Waals surface area contributed by atoms with Gasteiger partial charge in [0.2, 0.25) is 0 Å². The summed E-state index contributed by atoms with van der Waals surface area (Å²) in [5.74, 6) is 0.165. The summed E-state index contributed by atoms with van der Waals surface area (Å²) in [5, 5.41) is 0.850. The number of ketones is 1. The highest BCUT2D eigenvalue weighted by Crippen LogP contribution is 2.40. The van der Waals surface area contributed by atoms with Crippen LogP contribution in [0, 0.1) is 5.41 Å². The van der Waals surface area contributed by atoms with Crippen LogP contribution in [0.2, 0.25) is 0 Å². The van der Waals surface area contributed by atoms with Crippen LogP contribution in [-0.2, 0) is 23.8 Å². The molecule has 0 radical (unpaired) electrons. The first-order valence-corrected chi connectivity index (χ1v) is 12.5. The second-order valence-corrected chi connectivity index (χ2v) is 11.1. The van der Waals surface area contributed by atoms with Crippen molar-refractivity contribution in [2.75, 3.05) is 24.7 Å². The molecule has 1 aliphatic carbocycles. The first-order chi connectivity index (χ1) is 16.6. The molecule has 0 spiro atoms. The average Bonchev–Trinajstić information content (AvgIpc) is 3.22. The van der Waals surface area contributed by atoms with Crippen molar-refractivity contribution >= 4 is 22.3 Å². The van der Waals surface area contributed by atoms with E-state index >= 15 is 0 Å². The molecule has 2 aromatic carbocycles. The Morgan fingerprint density at radius 3 is 2.63 bits per heavy atom. The normalized spacial score (nSPS) is 20.1. The van der Waals surface area contributed by atoms with Crippen molar-refractivity contribution in [3.63, 3.8) is 0 Å². The molecule has 3 aromatic rings. The number of anilines is 1. The number of rotatable bonds is 4. The molecule has 35 heavy (non-hydrogen) atoms. The highest BCUT2D eigenvalue weighted by atomic mass is 32.1. The monoisotopic (exact) mass is 500 g/mol. The zero-order chi connectivity index (χ0) is 24.8. The number of hydrogen-bond donors (Lipinski definition) is 0. The molecule has 1 aliphatic heterocycles. The van der Waals surface area contributed by atoms with Crippen molar-refractivity contribution < 1.29 is 22.7 Å². The van der Waals surface area contributed by atoms with Gasteiger partial charge in [-0.25, -0.2) is 4.98 Å². The number of aromatic nitrogens is 1. The average molecular weight is 501 g/mol. The number of ether oxygens (including phenoxy) is 1. The van der Waals surface area contributed by atoms with Gasteiger partial charge in [-0.05, 0) is 47.1 Å². The van der Waals surface area contributed by atoms with Crippen LogP contribution in [0.1, 0.15) is 46.8 Å². The van der Waals surface area contributed by atoms with Crippen LogP contribution in [0.25, 0.3) is 11.1 Å². The highest BCUT2D eigenvalue weighted by molar-refractivity contribution is 7.17. The van der Waals surface area contributed by atoms with Gasteiger partial charge in [-0.1, -0.05) is 61.6 Å². The largest absolute Gasteiger partial charge is 0.416 e. The summed E-state index contributed by atoms with van der Waals surface area (Å²) >= 11 is 1.47. The minimum absolute atomic E-state index is 0.0243. The van der Waals surface area contributed by atoms with Crippen molar-refractivity contribution in [3.05, 3.63) is 70.2 Å². The van der Waals surface area contributed by atoms with E-state index in [0.717, 1.165) is 39.3 Å². The molecule has 1 aromatic heterocycles. The second-order valence-electron chi connectivity index (χ2n) is 10.1. The summed E-state index contributed by atoms with van der Waals surface area (Å²) in [7, 11) is 0. The summed E-state index contributed by atoms with van der Waals surface area (Å²) in [4.78, 5) is 20.6. The van der Waals surface area contributed by atoms with E-state index in [2.05, 4.69) is 18.7 Å². The van der Waals surface area contributed by atoms with E-state index in [4.69, 9.17) is 9.72 Å². The molecular weight excluding hydrogens is 473 g/mol. The SMILES string of the molecule is CC1(C)CC(=O)c2sc(N3CCOC[C@@H]3Cc3cccc(-c4cccc(C(F)(F)F)c4)c3)nc2C1. The molecule has 0 bridgehead atoms. The molecule has 5 rings (SSSR count). The number of alkyl halides is 3.